The molecular formula is C13H19NO2. The van der Waals surface area contributed by atoms with Crippen LogP contribution in [-0.2, 0) is 11.2 Å². The lowest BCUT2D eigenvalue weighted by Gasteiger charge is -2.20. The number of rotatable bonds is 5. The summed E-state index contributed by atoms with van der Waals surface area (Å²) in [5, 5.41) is 12.8. The maximum atomic E-state index is 9.34. The van der Waals surface area contributed by atoms with Gasteiger partial charge in [0.1, 0.15) is 0 Å². The van der Waals surface area contributed by atoms with Gasteiger partial charge in [0.15, 0.2) is 0 Å². The molecule has 1 aromatic rings. The second-order valence-electron chi connectivity index (χ2n) is 4.30. The van der Waals surface area contributed by atoms with Gasteiger partial charge in [-0.05, 0) is 18.4 Å². The zero-order chi connectivity index (χ0) is 11.2. The van der Waals surface area contributed by atoms with E-state index in [1.165, 1.54) is 5.56 Å². The van der Waals surface area contributed by atoms with Gasteiger partial charge in [-0.25, -0.2) is 0 Å². The summed E-state index contributed by atoms with van der Waals surface area (Å²) in [6, 6.07) is 10.8. The molecule has 0 aliphatic carbocycles. The van der Waals surface area contributed by atoms with Crippen LogP contribution in [0.4, 0.5) is 0 Å². The van der Waals surface area contributed by atoms with Crippen LogP contribution in [0.2, 0.25) is 0 Å². The van der Waals surface area contributed by atoms with Crippen LogP contribution < -0.4 is 5.32 Å². The molecule has 3 nitrogen and oxygen atoms in total. The van der Waals surface area contributed by atoms with E-state index in [0.29, 0.717) is 6.04 Å². The highest BCUT2D eigenvalue weighted by Gasteiger charge is 2.19. The van der Waals surface area contributed by atoms with Crippen molar-refractivity contribution in [2.45, 2.75) is 24.9 Å². The van der Waals surface area contributed by atoms with Gasteiger partial charge >= 0.3 is 0 Å². The summed E-state index contributed by atoms with van der Waals surface area (Å²) in [4.78, 5) is 0. The molecule has 16 heavy (non-hydrogen) atoms. The normalized spacial score (nSPS) is 22.2. The Labute approximate surface area is 96.4 Å². The lowest BCUT2D eigenvalue weighted by Crippen LogP contribution is -2.42. The average Bonchev–Trinajstić information content (AvgIpc) is 2.82. The van der Waals surface area contributed by atoms with E-state index in [2.05, 4.69) is 17.4 Å². The predicted octanol–water partition coefficient (Wildman–Crippen LogP) is 0.968. The average molecular weight is 221 g/mol. The number of aliphatic hydroxyl groups is 1. The summed E-state index contributed by atoms with van der Waals surface area (Å²) < 4.78 is 5.31. The van der Waals surface area contributed by atoms with Crippen LogP contribution in [0.5, 0.6) is 0 Å². The van der Waals surface area contributed by atoms with Crippen molar-refractivity contribution < 1.29 is 9.84 Å². The van der Waals surface area contributed by atoms with Gasteiger partial charge in [0, 0.05) is 18.7 Å². The third-order valence-electron chi connectivity index (χ3n) is 2.95. The minimum atomic E-state index is 0.133. The first-order chi connectivity index (χ1) is 7.88. The van der Waals surface area contributed by atoms with Crippen molar-refractivity contribution >= 4 is 0 Å². The van der Waals surface area contributed by atoms with Crippen LogP contribution in [0.15, 0.2) is 30.3 Å². The Kier molecular flexibility index (Phi) is 4.34. The van der Waals surface area contributed by atoms with Crippen LogP contribution in [0, 0.1) is 0 Å². The van der Waals surface area contributed by atoms with Gasteiger partial charge in [0.2, 0.25) is 0 Å². The van der Waals surface area contributed by atoms with Crippen molar-refractivity contribution in [3.05, 3.63) is 35.9 Å². The van der Waals surface area contributed by atoms with Crippen LogP contribution in [0.3, 0.4) is 0 Å². The minimum absolute atomic E-state index is 0.133. The molecule has 1 saturated heterocycles. The van der Waals surface area contributed by atoms with E-state index in [9.17, 15) is 5.11 Å². The van der Waals surface area contributed by atoms with Gasteiger partial charge in [-0.3, -0.25) is 0 Å². The zero-order valence-electron chi connectivity index (χ0n) is 9.43. The highest BCUT2D eigenvalue weighted by atomic mass is 16.5. The Bertz CT molecular complexity index is 296. The standard InChI is InChI=1S/C13H19NO2/c15-9-13(14-12-6-7-16-10-12)8-11-4-2-1-3-5-11/h1-5,12-15H,6-10H2/t12-,13-/m1/s1. The van der Waals surface area contributed by atoms with E-state index < -0.39 is 0 Å². The maximum absolute atomic E-state index is 9.34. The van der Waals surface area contributed by atoms with E-state index in [4.69, 9.17) is 4.74 Å². The summed E-state index contributed by atoms with van der Waals surface area (Å²) >= 11 is 0. The summed E-state index contributed by atoms with van der Waals surface area (Å²) in [5.41, 5.74) is 1.26. The van der Waals surface area contributed by atoms with Crippen molar-refractivity contribution in [2.75, 3.05) is 19.8 Å². The largest absolute Gasteiger partial charge is 0.395 e. The van der Waals surface area contributed by atoms with E-state index >= 15 is 0 Å². The summed E-state index contributed by atoms with van der Waals surface area (Å²) in [5.74, 6) is 0. The first-order valence-electron chi connectivity index (χ1n) is 5.87. The summed E-state index contributed by atoms with van der Waals surface area (Å²) in [6.07, 6.45) is 1.92. The van der Waals surface area contributed by atoms with Gasteiger partial charge in [-0.2, -0.15) is 0 Å². The van der Waals surface area contributed by atoms with E-state index in [1.54, 1.807) is 0 Å². The van der Waals surface area contributed by atoms with Gasteiger partial charge in [0.25, 0.3) is 0 Å². The van der Waals surface area contributed by atoms with E-state index in [-0.39, 0.29) is 12.6 Å². The smallest absolute Gasteiger partial charge is 0.0620 e. The molecule has 1 heterocycles. The monoisotopic (exact) mass is 221 g/mol. The minimum Gasteiger partial charge on any atom is -0.395 e. The van der Waals surface area contributed by atoms with Gasteiger partial charge in [-0.1, -0.05) is 30.3 Å². The topological polar surface area (TPSA) is 41.5 Å². The lowest BCUT2D eigenvalue weighted by atomic mass is 10.1. The van der Waals surface area contributed by atoms with Gasteiger partial charge < -0.3 is 15.2 Å². The molecule has 88 valence electrons. The number of hydrogen-bond acceptors (Lipinski definition) is 3. The second kappa shape index (κ2) is 5.99. The van der Waals surface area contributed by atoms with Crippen LogP contribution in [0.25, 0.3) is 0 Å². The number of ether oxygens (including phenoxy) is 1. The van der Waals surface area contributed by atoms with Crippen LogP contribution in [-0.4, -0.2) is 37.0 Å². The second-order valence-corrected chi connectivity index (χ2v) is 4.30. The predicted molar refractivity (Wildman–Crippen MR) is 63.4 cm³/mol. The molecule has 3 heteroatoms. The van der Waals surface area contributed by atoms with Crippen molar-refractivity contribution in [3.8, 4) is 0 Å². The molecule has 0 bridgehead atoms. The molecule has 0 amide bonds. The molecule has 2 rings (SSSR count). The maximum Gasteiger partial charge on any atom is 0.0620 e. The molecule has 2 N–H and O–H groups in total. The van der Waals surface area contributed by atoms with Crippen molar-refractivity contribution in [2.24, 2.45) is 0 Å². The molecule has 0 spiro atoms. The molecule has 0 radical (unpaired) electrons. The molecule has 1 aliphatic heterocycles. The molecular weight excluding hydrogens is 202 g/mol. The first-order valence-corrected chi connectivity index (χ1v) is 5.87. The third-order valence-corrected chi connectivity index (χ3v) is 2.95. The zero-order valence-corrected chi connectivity index (χ0v) is 9.43. The Balaban J connectivity index is 1.85. The van der Waals surface area contributed by atoms with Crippen LogP contribution >= 0.6 is 0 Å². The lowest BCUT2D eigenvalue weighted by molar-refractivity contribution is 0.180. The molecule has 0 unspecified atom stereocenters. The van der Waals surface area contributed by atoms with Crippen molar-refractivity contribution in [1.29, 1.82) is 0 Å². The molecule has 0 saturated carbocycles. The Morgan fingerprint density at radius 3 is 2.81 bits per heavy atom. The summed E-state index contributed by atoms with van der Waals surface area (Å²) in [6.45, 7) is 1.78. The molecule has 1 aliphatic rings. The number of aliphatic hydroxyl groups excluding tert-OH is 1. The first kappa shape index (κ1) is 11.6. The van der Waals surface area contributed by atoms with E-state index in [0.717, 1.165) is 26.1 Å². The van der Waals surface area contributed by atoms with Gasteiger partial charge in [0.05, 0.1) is 13.2 Å². The van der Waals surface area contributed by atoms with E-state index in [1.807, 2.05) is 18.2 Å². The molecule has 1 fully saturated rings. The highest BCUT2D eigenvalue weighted by molar-refractivity contribution is 5.16. The Hall–Kier alpha value is -0.900. The van der Waals surface area contributed by atoms with Crippen LogP contribution in [0.1, 0.15) is 12.0 Å². The molecule has 1 aromatic carbocycles. The number of hydrogen-bond donors (Lipinski definition) is 2. The SMILES string of the molecule is OC[C@@H](Cc1ccccc1)N[C@@H]1CCOC1. The summed E-state index contributed by atoms with van der Waals surface area (Å²) in [7, 11) is 0. The molecule has 0 aromatic heterocycles. The van der Waals surface area contributed by atoms with Crippen molar-refractivity contribution in [3.63, 3.8) is 0 Å². The number of benzene rings is 1. The third kappa shape index (κ3) is 3.30. The Morgan fingerprint density at radius 2 is 2.19 bits per heavy atom. The Morgan fingerprint density at radius 1 is 1.38 bits per heavy atom. The number of nitrogens with one attached hydrogen (secondary N) is 1. The fraction of sp³-hybridized carbons (Fsp3) is 0.538. The highest BCUT2D eigenvalue weighted by Crippen LogP contribution is 2.08. The molecule has 2 atom stereocenters. The fourth-order valence-electron chi connectivity index (χ4n) is 2.07. The fourth-order valence-corrected chi connectivity index (χ4v) is 2.07. The quantitative estimate of drug-likeness (QED) is 0.778. The van der Waals surface area contributed by atoms with Crippen molar-refractivity contribution in [1.82, 2.24) is 5.32 Å². The van der Waals surface area contributed by atoms with Gasteiger partial charge in [-0.15, -0.1) is 0 Å².